The summed E-state index contributed by atoms with van der Waals surface area (Å²) in [6, 6.07) is 6.85. The maximum absolute atomic E-state index is 13.8. The van der Waals surface area contributed by atoms with Crippen LogP contribution in [0.3, 0.4) is 0 Å². The fourth-order valence-electron chi connectivity index (χ4n) is 4.87. The number of carbonyl (C=O) groups excluding carboxylic acids is 1. The van der Waals surface area contributed by atoms with E-state index in [0.29, 0.717) is 34.9 Å². The van der Waals surface area contributed by atoms with E-state index in [4.69, 9.17) is 15.5 Å². The molecule has 1 amide bonds. The predicted octanol–water partition coefficient (Wildman–Crippen LogP) is 3.41. The number of anilines is 1. The number of pyridine rings is 1. The number of benzene rings is 1. The van der Waals surface area contributed by atoms with Crippen molar-refractivity contribution in [2.45, 2.75) is 63.6 Å². The minimum absolute atomic E-state index is 0.0286. The van der Waals surface area contributed by atoms with Gasteiger partial charge in [0.05, 0.1) is 17.2 Å². The number of nitrogens with one attached hydrogen (secondary N) is 1. The zero-order chi connectivity index (χ0) is 22.7. The summed E-state index contributed by atoms with van der Waals surface area (Å²) >= 11 is 0. The summed E-state index contributed by atoms with van der Waals surface area (Å²) in [5.41, 5.74) is 6.60. The molecule has 172 valence electrons. The van der Waals surface area contributed by atoms with Gasteiger partial charge in [-0.1, -0.05) is 19.3 Å². The molecule has 1 aliphatic heterocycles. The summed E-state index contributed by atoms with van der Waals surface area (Å²) in [7, 11) is 1.73. The summed E-state index contributed by atoms with van der Waals surface area (Å²) in [5.74, 6) is -0.143. The van der Waals surface area contributed by atoms with Crippen molar-refractivity contribution in [2.24, 2.45) is 10.7 Å². The highest BCUT2D eigenvalue weighted by Gasteiger charge is 2.33. The van der Waals surface area contributed by atoms with Crippen LogP contribution in [0.4, 0.5) is 10.2 Å². The number of rotatable bonds is 5. The number of ether oxygens (including phenoxy) is 1. The van der Waals surface area contributed by atoms with E-state index >= 15 is 0 Å². The Morgan fingerprint density at radius 1 is 1.25 bits per heavy atom. The van der Waals surface area contributed by atoms with Crippen molar-refractivity contribution in [2.75, 3.05) is 25.1 Å². The van der Waals surface area contributed by atoms with Crippen LogP contribution in [-0.2, 0) is 4.74 Å². The third-order valence-electron chi connectivity index (χ3n) is 6.48. The summed E-state index contributed by atoms with van der Waals surface area (Å²) < 4.78 is 19.6. The highest BCUT2D eigenvalue weighted by molar-refractivity contribution is 6.07. The minimum Gasteiger partial charge on any atom is -0.387 e. The fraction of sp³-hybridized carbons (Fsp3) is 0.542. The van der Waals surface area contributed by atoms with Crippen LogP contribution in [0.15, 0.2) is 29.3 Å². The normalized spacial score (nSPS) is 23.0. The third kappa shape index (κ3) is 5.07. The lowest BCUT2D eigenvalue weighted by Gasteiger charge is -2.41. The number of amidine groups is 1. The number of halogens is 1. The van der Waals surface area contributed by atoms with Crippen molar-refractivity contribution in [3.63, 3.8) is 0 Å². The highest BCUT2D eigenvalue weighted by atomic mass is 19.1. The van der Waals surface area contributed by atoms with Crippen molar-refractivity contribution >= 4 is 28.5 Å². The molecule has 2 aromatic rings. The van der Waals surface area contributed by atoms with Crippen LogP contribution >= 0.6 is 0 Å². The Hall–Kier alpha value is -2.58. The van der Waals surface area contributed by atoms with Gasteiger partial charge in [0, 0.05) is 37.7 Å². The summed E-state index contributed by atoms with van der Waals surface area (Å²) in [4.78, 5) is 23.6. The van der Waals surface area contributed by atoms with Crippen LogP contribution in [-0.4, -0.2) is 55.1 Å². The van der Waals surface area contributed by atoms with Crippen LogP contribution in [0.2, 0.25) is 0 Å². The topological polar surface area (TPSA) is 92.8 Å². The van der Waals surface area contributed by atoms with E-state index in [-0.39, 0.29) is 23.8 Å². The molecule has 1 saturated carbocycles. The van der Waals surface area contributed by atoms with Crippen LogP contribution in [0.1, 0.15) is 55.8 Å². The Kier molecular flexibility index (Phi) is 7.01. The number of carbonyl (C=O) groups is 1. The summed E-state index contributed by atoms with van der Waals surface area (Å²) in [6.07, 6.45) is 7.17. The number of nitrogens with zero attached hydrogens (tertiary/aromatic N) is 3. The lowest BCUT2D eigenvalue weighted by Crippen LogP contribution is -2.56. The molecule has 3 N–H and O–H groups in total. The van der Waals surface area contributed by atoms with Gasteiger partial charge >= 0.3 is 0 Å². The van der Waals surface area contributed by atoms with Crippen LogP contribution in [0, 0.1) is 5.82 Å². The van der Waals surface area contributed by atoms with E-state index in [9.17, 15) is 9.18 Å². The SMILES string of the molecule is CO[C@@H]1CN(c2nc3ccc(F)cc3cc2C(=O)N=C(C)N)CC[C@@H]1NC1CCCCC1. The Balaban J connectivity index is 1.62. The van der Waals surface area contributed by atoms with Crippen molar-refractivity contribution in [3.8, 4) is 0 Å². The van der Waals surface area contributed by atoms with Gasteiger partial charge in [-0.2, -0.15) is 4.99 Å². The lowest BCUT2D eigenvalue weighted by molar-refractivity contribution is 0.0533. The van der Waals surface area contributed by atoms with Gasteiger partial charge in [-0.25, -0.2) is 9.37 Å². The van der Waals surface area contributed by atoms with Gasteiger partial charge in [-0.15, -0.1) is 0 Å². The molecule has 0 bridgehead atoms. The van der Waals surface area contributed by atoms with E-state index in [1.165, 1.54) is 44.2 Å². The van der Waals surface area contributed by atoms with Crippen LogP contribution < -0.4 is 16.0 Å². The maximum atomic E-state index is 13.8. The molecule has 8 heteroatoms. The lowest BCUT2D eigenvalue weighted by atomic mass is 9.92. The number of amides is 1. The molecule has 2 fully saturated rings. The van der Waals surface area contributed by atoms with Gasteiger partial charge in [0.15, 0.2) is 0 Å². The Morgan fingerprint density at radius 2 is 2.03 bits per heavy atom. The average molecular weight is 442 g/mol. The van der Waals surface area contributed by atoms with E-state index in [2.05, 4.69) is 15.2 Å². The molecule has 0 spiro atoms. The predicted molar refractivity (Wildman–Crippen MR) is 125 cm³/mol. The monoisotopic (exact) mass is 441 g/mol. The van der Waals surface area contributed by atoms with Gasteiger partial charge < -0.3 is 20.7 Å². The molecule has 1 aromatic carbocycles. The fourth-order valence-corrected chi connectivity index (χ4v) is 4.87. The second-order valence-electron chi connectivity index (χ2n) is 8.87. The first-order chi connectivity index (χ1) is 15.4. The molecule has 1 aromatic heterocycles. The molecule has 2 aliphatic rings. The number of fused-ring (bicyclic) bond motifs is 1. The molecular weight excluding hydrogens is 409 g/mol. The second kappa shape index (κ2) is 9.92. The molecule has 0 unspecified atom stereocenters. The first-order valence-corrected chi connectivity index (χ1v) is 11.4. The zero-order valence-electron chi connectivity index (χ0n) is 18.8. The molecule has 0 radical (unpaired) electrons. The molecule has 7 nitrogen and oxygen atoms in total. The number of methoxy groups -OCH3 is 1. The zero-order valence-corrected chi connectivity index (χ0v) is 18.8. The molecule has 1 saturated heterocycles. The second-order valence-corrected chi connectivity index (χ2v) is 8.87. The van der Waals surface area contributed by atoms with Crippen molar-refractivity contribution in [3.05, 3.63) is 35.6 Å². The van der Waals surface area contributed by atoms with Crippen LogP contribution in [0.25, 0.3) is 10.9 Å². The smallest absolute Gasteiger partial charge is 0.282 e. The van der Waals surface area contributed by atoms with Crippen molar-refractivity contribution < 1.29 is 13.9 Å². The van der Waals surface area contributed by atoms with Crippen molar-refractivity contribution in [1.29, 1.82) is 0 Å². The van der Waals surface area contributed by atoms with E-state index in [1.54, 1.807) is 26.2 Å². The highest BCUT2D eigenvalue weighted by Crippen LogP contribution is 2.29. The number of aromatic nitrogens is 1. The standard InChI is InChI=1S/C24H32FN5O2/c1-15(26)27-24(31)19-13-16-12-17(25)8-9-20(16)29-23(19)30-11-10-21(22(14-30)32-2)28-18-6-4-3-5-7-18/h8-9,12-13,18,21-22,28H,3-7,10-11,14H2,1-2H3,(H2,26,27,31)/t21-,22+/m0/s1. The molecule has 32 heavy (non-hydrogen) atoms. The van der Waals surface area contributed by atoms with Crippen LogP contribution in [0.5, 0.6) is 0 Å². The molecule has 2 atom stereocenters. The van der Waals surface area contributed by atoms with Crippen molar-refractivity contribution in [1.82, 2.24) is 10.3 Å². The van der Waals surface area contributed by atoms with Gasteiger partial charge in [-0.05, 0) is 50.5 Å². The third-order valence-corrected chi connectivity index (χ3v) is 6.48. The van der Waals surface area contributed by atoms with E-state index < -0.39 is 5.91 Å². The number of nitrogens with two attached hydrogens (primary N) is 1. The first-order valence-electron chi connectivity index (χ1n) is 11.4. The largest absolute Gasteiger partial charge is 0.387 e. The Bertz CT molecular complexity index is 1000. The number of piperidine rings is 1. The minimum atomic E-state index is -0.477. The average Bonchev–Trinajstić information content (AvgIpc) is 2.78. The van der Waals surface area contributed by atoms with E-state index in [1.807, 2.05) is 0 Å². The molecule has 1 aliphatic carbocycles. The number of hydrogen-bond donors (Lipinski definition) is 2. The van der Waals surface area contributed by atoms with Gasteiger partial charge in [0.2, 0.25) is 0 Å². The quantitative estimate of drug-likeness (QED) is 0.546. The van der Waals surface area contributed by atoms with E-state index in [0.717, 1.165) is 13.0 Å². The molecular formula is C24H32FN5O2. The first kappa shape index (κ1) is 22.6. The Labute approximate surface area is 188 Å². The van der Waals surface area contributed by atoms with Gasteiger partial charge in [-0.3, -0.25) is 4.79 Å². The summed E-state index contributed by atoms with van der Waals surface area (Å²) in [5, 5.41) is 4.37. The van der Waals surface area contributed by atoms with Gasteiger partial charge in [0.1, 0.15) is 17.5 Å². The Morgan fingerprint density at radius 3 is 2.75 bits per heavy atom. The number of aliphatic imine (C=N–C) groups is 1. The summed E-state index contributed by atoms with van der Waals surface area (Å²) in [6.45, 7) is 2.90. The number of hydrogen-bond acceptors (Lipinski definition) is 5. The molecule has 2 heterocycles. The maximum Gasteiger partial charge on any atom is 0.282 e. The van der Waals surface area contributed by atoms with Gasteiger partial charge in [0.25, 0.3) is 5.91 Å². The molecule has 4 rings (SSSR count).